The van der Waals surface area contributed by atoms with Crippen LogP contribution < -0.4 is 15.4 Å². The minimum Gasteiger partial charge on any atom is -0.478 e. The first-order valence-corrected chi connectivity index (χ1v) is 9.48. The summed E-state index contributed by atoms with van der Waals surface area (Å²) in [5.41, 5.74) is 1.02. The van der Waals surface area contributed by atoms with Crippen LogP contribution in [0.5, 0.6) is 5.88 Å². The van der Waals surface area contributed by atoms with E-state index in [-0.39, 0.29) is 24.0 Å². The molecular formula is C19H34IN5O2. The zero-order chi connectivity index (χ0) is 18.8. The van der Waals surface area contributed by atoms with Crippen LogP contribution in [0.2, 0.25) is 0 Å². The summed E-state index contributed by atoms with van der Waals surface area (Å²) in [6, 6.07) is 4.39. The van der Waals surface area contributed by atoms with E-state index in [0.29, 0.717) is 31.0 Å². The molecular weight excluding hydrogens is 457 g/mol. The van der Waals surface area contributed by atoms with Crippen LogP contribution in [0.4, 0.5) is 0 Å². The molecule has 1 aliphatic rings. The molecule has 1 aromatic heterocycles. The number of guanidine groups is 1. The Morgan fingerprint density at radius 1 is 1.33 bits per heavy atom. The van der Waals surface area contributed by atoms with Crippen molar-refractivity contribution in [1.82, 2.24) is 20.5 Å². The van der Waals surface area contributed by atoms with E-state index in [4.69, 9.17) is 9.47 Å². The Kier molecular flexibility index (Phi) is 11.6. The van der Waals surface area contributed by atoms with Gasteiger partial charge in [-0.25, -0.2) is 4.98 Å². The average molecular weight is 491 g/mol. The van der Waals surface area contributed by atoms with Crippen molar-refractivity contribution >= 4 is 29.9 Å². The van der Waals surface area contributed by atoms with Crippen molar-refractivity contribution in [2.45, 2.75) is 33.4 Å². The number of nitrogens with zero attached hydrogens (tertiary/aromatic N) is 3. The van der Waals surface area contributed by atoms with Crippen LogP contribution in [0, 0.1) is 5.92 Å². The van der Waals surface area contributed by atoms with Crippen molar-refractivity contribution in [2.75, 3.05) is 46.5 Å². The summed E-state index contributed by atoms with van der Waals surface area (Å²) >= 11 is 0. The molecule has 0 spiro atoms. The third-order valence-corrected chi connectivity index (χ3v) is 4.56. The van der Waals surface area contributed by atoms with Crippen LogP contribution >= 0.6 is 24.0 Å². The number of ether oxygens (including phenoxy) is 2. The molecule has 0 aromatic carbocycles. The summed E-state index contributed by atoms with van der Waals surface area (Å²) in [5, 5.41) is 6.82. The summed E-state index contributed by atoms with van der Waals surface area (Å²) in [5.74, 6) is 2.02. The minimum absolute atomic E-state index is 0. The van der Waals surface area contributed by atoms with Crippen LogP contribution in [0.25, 0.3) is 0 Å². The average Bonchev–Trinajstić information content (AvgIpc) is 2.66. The highest BCUT2D eigenvalue weighted by Gasteiger charge is 2.23. The van der Waals surface area contributed by atoms with Crippen LogP contribution in [0.15, 0.2) is 23.3 Å². The molecule has 154 valence electrons. The Bertz CT molecular complexity index is 565. The number of aliphatic imine (C=N–C) groups is 1. The molecule has 1 aliphatic heterocycles. The van der Waals surface area contributed by atoms with Gasteiger partial charge in [-0.15, -0.1) is 24.0 Å². The van der Waals surface area contributed by atoms with E-state index in [1.807, 2.05) is 19.1 Å². The second kappa shape index (κ2) is 13.1. The van der Waals surface area contributed by atoms with E-state index in [0.717, 1.165) is 44.4 Å². The number of aromatic nitrogens is 1. The lowest BCUT2D eigenvalue weighted by Gasteiger charge is -2.37. The second-order valence-corrected chi connectivity index (χ2v) is 6.67. The molecule has 2 heterocycles. The van der Waals surface area contributed by atoms with Crippen molar-refractivity contribution in [3.63, 3.8) is 0 Å². The lowest BCUT2D eigenvalue weighted by molar-refractivity contribution is 0.00752. The first-order chi connectivity index (χ1) is 12.7. The third kappa shape index (κ3) is 7.79. The molecule has 8 heteroatoms. The van der Waals surface area contributed by atoms with Crippen molar-refractivity contribution in [3.05, 3.63) is 23.9 Å². The Balaban J connectivity index is 0.00000364. The standard InChI is InChI=1S/C19H33N5O2.HI/c1-5-26-18-16(7-6-8-21-18)13-22-19(20-4)23-14-17(15(2)3)24-9-11-25-12-10-24;/h6-8,15,17H,5,9-14H2,1-4H3,(H2,20,22,23);1H. The molecule has 2 rings (SSSR count). The number of nitrogens with one attached hydrogen (secondary N) is 2. The van der Waals surface area contributed by atoms with Crippen molar-refractivity contribution in [2.24, 2.45) is 10.9 Å². The van der Waals surface area contributed by atoms with Gasteiger partial charge >= 0.3 is 0 Å². The van der Waals surface area contributed by atoms with Gasteiger partial charge in [-0.3, -0.25) is 9.89 Å². The first-order valence-electron chi connectivity index (χ1n) is 9.48. The van der Waals surface area contributed by atoms with Crippen LogP contribution in [-0.2, 0) is 11.3 Å². The quantitative estimate of drug-likeness (QED) is 0.330. The topological polar surface area (TPSA) is 71.0 Å². The largest absolute Gasteiger partial charge is 0.478 e. The fourth-order valence-corrected chi connectivity index (χ4v) is 3.12. The Labute approximate surface area is 180 Å². The van der Waals surface area contributed by atoms with Gasteiger partial charge in [0, 0.05) is 51.0 Å². The van der Waals surface area contributed by atoms with E-state index in [1.165, 1.54) is 0 Å². The molecule has 1 saturated heterocycles. The van der Waals surface area contributed by atoms with Gasteiger partial charge in [0.25, 0.3) is 0 Å². The maximum Gasteiger partial charge on any atom is 0.218 e. The molecule has 1 aromatic rings. The number of hydrogen-bond donors (Lipinski definition) is 2. The van der Waals surface area contributed by atoms with Crippen molar-refractivity contribution in [3.8, 4) is 5.88 Å². The van der Waals surface area contributed by atoms with E-state index in [9.17, 15) is 0 Å². The highest BCUT2D eigenvalue weighted by molar-refractivity contribution is 14.0. The molecule has 2 N–H and O–H groups in total. The zero-order valence-corrected chi connectivity index (χ0v) is 19.2. The normalized spacial score (nSPS) is 16.6. The summed E-state index contributed by atoms with van der Waals surface area (Å²) in [4.78, 5) is 11.1. The SMILES string of the molecule is CCOc1ncccc1CNC(=NC)NCC(C(C)C)N1CCOCC1.I. The maximum absolute atomic E-state index is 5.58. The van der Waals surface area contributed by atoms with Gasteiger partial charge < -0.3 is 20.1 Å². The molecule has 27 heavy (non-hydrogen) atoms. The Morgan fingerprint density at radius 3 is 2.70 bits per heavy atom. The number of rotatable bonds is 8. The predicted molar refractivity (Wildman–Crippen MR) is 120 cm³/mol. The molecule has 7 nitrogen and oxygen atoms in total. The number of halogens is 1. The molecule has 1 unspecified atom stereocenters. The predicted octanol–water partition coefficient (Wildman–Crippen LogP) is 2.12. The van der Waals surface area contributed by atoms with Gasteiger partial charge in [-0.05, 0) is 18.9 Å². The molecule has 0 aliphatic carbocycles. The Morgan fingerprint density at radius 2 is 2.07 bits per heavy atom. The fraction of sp³-hybridized carbons (Fsp3) is 0.684. The Hall–Kier alpha value is -1.13. The number of pyridine rings is 1. The van der Waals surface area contributed by atoms with Crippen molar-refractivity contribution < 1.29 is 9.47 Å². The van der Waals surface area contributed by atoms with Gasteiger partial charge in [0.1, 0.15) is 0 Å². The monoisotopic (exact) mass is 491 g/mol. The molecule has 0 bridgehead atoms. The van der Waals surface area contributed by atoms with E-state index < -0.39 is 0 Å². The minimum atomic E-state index is 0. The highest BCUT2D eigenvalue weighted by Crippen LogP contribution is 2.14. The molecule has 0 amide bonds. The van der Waals surface area contributed by atoms with Crippen LogP contribution in [0.1, 0.15) is 26.3 Å². The van der Waals surface area contributed by atoms with Gasteiger partial charge in [0.2, 0.25) is 5.88 Å². The lowest BCUT2D eigenvalue weighted by Crippen LogP contribution is -2.52. The van der Waals surface area contributed by atoms with Gasteiger partial charge in [-0.2, -0.15) is 0 Å². The fourth-order valence-electron chi connectivity index (χ4n) is 3.12. The molecule has 1 fully saturated rings. The van der Waals surface area contributed by atoms with Gasteiger partial charge in [0.05, 0.1) is 19.8 Å². The van der Waals surface area contributed by atoms with Gasteiger partial charge in [-0.1, -0.05) is 19.9 Å². The molecule has 0 saturated carbocycles. The third-order valence-electron chi connectivity index (χ3n) is 4.56. The summed E-state index contributed by atoms with van der Waals surface area (Å²) in [6.45, 7) is 12.2. The van der Waals surface area contributed by atoms with Crippen LogP contribution in [0.3, 0.4) is 0 Å². The molecule has 1 atom stereocenters. The van der Waals surface area contributed by atoms with Crippen molar-refractivity contribution in [1.29, 1.82) is 0 Å². The summed E-state index contributed by atoms with van der Waals surface area (Å²) in [6.07, 6.45) is 1.75. The van der Waals surface area contributed by atoms with E-state index >= 15 is 0 Å². The summed E-state index contributed by atoms with van der Waals surface area (Å²) in [7, 11) is 1.79. The number of morpholine rings is 1. The zero-order valence-electron chi connectivity index (χ0n) is 16.9. The van der Waals surface area contributed by atoms with E-state index in [2.05, 4.69) is 39.4 Å². The van der Waals surface area contributed by atoms with Crippen LogP contribution in [-0.4, -0.2) is 68.4 Å². The highest BCUT2D eigenvalue weighted by atomic mass is 127. The second-order valence-electron chi connectivity index (χ2n) is 6.67. The maximum atomic E-state index is 5.58. The first kappa shape index (κ1) is 23.9. The number of hydrogen-bond acceptors (Lipinski definition) is 5. The van der Waals surface area contributed by atoms with E-state index in [1.54, 1.807) is 13.2 Å². The lowest BCUT2D eigenvalue weighted by atomic mass is 10.0. The molecule has 0 radical (unpaired) electrons. The van der Waals surface area contributed by atoms with Gasteiger partial charge in [0.15, 0.2) is 5.96 Å². The summed E-state index contributed by atoms with van der Waals surface area (Å²) < 4.78 is 11.1. The smallest absolute Gasteiger partial charge is 0.218 e.